The smallest absolute Gasteiger partial charge is 0.407 e. The molecule has 8 heteroatoms. The van der Waals surface area contributed by atoms with E-state index in [2.05, 4.69) is 26.6 Å². The summed E-state index contributed by atoms with van der Waals surface area (Å²) in [4.78, 5) is 18.5. The van der Waals surface area contributed by atoms with E-state index in [1.807, 2.05) is 45.9 Å². The van der Waals surface area contributed by atoms with Crippen molar-refractivity contribution in [1.29, 1.82) is 0 Å². The van der Waals surface area contributed by atoms with Gasteiger partial charge in [0, 0.05) is 26.7 Å². The summed E-state index contributed by atoms with van der Waals surface area (Å²) in [5.41, 5.74) is 0.639. The van der Waals surface area contributed by atoms with Crippen LogP contribution in [0, 0.1) is 0 Å². The third-order valence-corrected chi connectivity index (χ3v) is 4.08. The first-order valence-corrected chi connectivity index (χ1v) is 9.47. The third kappa shape index (κ3) is 8.12. The molecule has 1 atom stereocenters. The number of benzene rings is 1. The van der Waals surface area contributed by atoms with Gasteiger partial charge in [-0.3, -0.25) is 4.99 Å². The molecule has 28 heavy (non-hydrogen) atoms. The zero-order valence-corrected chi connectivity index (χ0v) is 19.8. The van der Waals surface area contributed by atoms with Crippen LogP contribution < -0.4 is 15.4 Å². The first-order chi connectivity index (χ1) is 12.8. The summed E-state index contributed by atoms with van der Waals surface area (Å²) in [5, 5.41) is 6.32. The van der Waals surface area contributed by atoms with Crippen molar-refractivity contribution in [2.45, 2.75) is 52.3 Å². The fraction of sp³-hybridized carbons (Fsp3) is 0.600. The topological polar surface area (TPSA) is 75.2 Å². The summed E-state index contributed by atoms with van der Waals surface area (Å²) in [6.07, 6.45) is 0.491. The van der Waals surface area contributed by atoms with Gasteiger partial charge in [-0.05, 0) is 51.8 Å². The molecule has 2 rings (SSSR count). The van der Waals surface area contributed by atoms with E-state index >= 15 is 0 Å². The van der Waals surface area contributed by atoms with Crippen LogP contribution in [0.3, 0.4) is 0 Å². The molecule has 1 aromatic rings. The number of aliphatic imine (C=N–C) groups is 1. The number of carbonyl (C=O) groups is 1. The van der Waals surface area contributed by atoms with E-state index in [1.165, 1.54) is 0 Å². The number of hydrogen-bond donors (Lipinski definition) is 2. The molecule has 1 fully saturated rings. The van der Waals surface area contributed by atoms with E-state index in [4.69, 9.17) is 9.47 Å². The zero-order valence-electron chi connectivity index (χ0n) is 17.4. The van der Waals surface area contributed by atoms with Crippen molar-refractivity contribution in [3.63, 3.8) is 0 Å². The van der Waals surface area contributed by atoms with Crippen LogP contribution in [-0.2, 0) is 11.3 Å². The molecule has 0 aromatic heterocycles. The number of ether oxygens (including phenoxy) is 2. The average molecular weight is 504 g/mol. The highest BCUT2D eigenvalue weighted by Gasteiger charge is 2.27. The molecular formula is C20H33IN4O3. The van der Waals surface area contributed by atoms with Crippen LogP contribution in [0.5, 0.6) is 5.75 Å². The van der Waals surface area contributed by atoms with Gasteiger partial charge in [-0.15, -0.1) is 24.0 Å². The maximum Gasteiger partial charge on any atom is 0.407 e. The van der Waals surface area contributed by atoms with Crippen LogP contribution in [0.4, 0.5) is 4.79 Å². The highest BCUT2D eigenvalue weighted by molar-refractivity contribution is 14.0. The Morgan fingerprint density at radius 3 is 2.75 bits per heavy atom. The van der Waals surface area contributed by atoms with Crippen molar-refractivity contribution in [1.82, 2.24) is 15.5 Å². The molecule has 1 unspecified atom stereocenters. The average Bonchev–Trinajstić information content (AvgIpc) is 3.02. The Kier molecular flexibility index (Phi) is 9.84. The molecule has 1 aromatic carbocycles. The summed E-state index contributed by atoms with van der Waals surface area (Å²) in [6, 6.07) is 8.08. The molecule has 7 nitrogen and oxygen atoms in total. The lowest BCUT2D eigenvalue weighted by Crippen LogP contribution is -2.44. The fourth-order valence-electron chi connectivity index (χ4n) is 2.97. The summed E-state index contributed by atoms with van der Waals surface area (Å²) in [7, 11) is 1.77. The van der Waals surface area contributed by atoms with Gasteiger partial charge in [0.2, 0.25) is 0 Å². The number of rotatable bonds is 5. The number of guanidine groups is 1. The van der Waals surface area contributed by atoms with Crippen LogP contribution in [0.1, 0.15) is 39.7 Å². The lowest BCUT2D eigenvalue weighted by molar-refractivity contribution is 0.0507. The number of alkyl carbamates (subject to hydrolysis) is 1. The molecule has 158 valence electrons. The van der Waals surface area contributed by atoms with Crippen LogP contribution in [0.25, 0.3) is 0 Å². The summed E-state index contributed by atoms with van der Waals surface area (Å²) >= 11 is 0. The van der Waals surface area contributed by atoms with E-state index in [9.17, 15) is 4.79 Å². The SMILES string of the molecule is CCOc1cccc(CNC(=NC)N2CCC(NC(=O)OC(C)(C)C)C2)c1.I. The van der Waals surface area contributed by atoms with Gasteiger partial charge in [0.25, 0.3) is 0 Å². The number of halogens is 1. The Balaban J connectivity index is 0.00000392. The van der Waals surface area contributed by atoms with Crippen molar-refractivity contribution in [3.05, 3.63) is 29.8 Å². The molecule has 0 radical (unpaired) electrons. The van der Waals surface area contributed by atoms with E-state index in [1.54, 1.807) is 7.05 Å². The number of hydrogen-bond acceptors (Lipinski definition) is 4. The van der Waals surface area contributed by atoms with E-state index < -0.39 is 5.60 Å². The second-order valence-electron chi connectivity index (χ2n) is 7.56. The molecule has 0 aliphatic carbocycles. The number of nitrogens with one attached hydrogen (secondary N) is 2. The molecule has 1 aliphatic rings. The molecule has 1 aliphatic heterocycles. The van der Waals surface area contributed by atoms with E-state index in [-0.39, 0.29) is 36.1 Å². The van der Waals surface area contributed by atoms with Crippen LogP contribution >= 0.6 is 24.0 Å². The number of carbonyl (C=O) groups excluding carboxylic acids is 1. The number of likely N-dealkylation sites (tertiary alicyclic amines) is 1. The first kappa shape index (κ1) is 24.3. The quantitative estimate of drug-likeness (QED) is 0.366. The predicted molar refractivity (Wildman–Crippen MR) is 123 cm³/mol. The highest BCUT2D eigenvalue weighted by atomic mass is 127. The lowest BCUT2D eigenvalue weighted by atomic mass is 10.2. The van der Waals surface area contributed by atoms with Crippen LogP contribution in [0.2, 0.25) is 0 Å². The summed E-state index contributed by atoms with van der Waals surface area (Å²) in [5.74, 6) is 1.69. The Morgan fingerprint density at radius 1 is 1.36 bits per heavy atom. The van der Waals surface area contributed by atoms with Gasteiger partial charge in [0.1, 0.15) is 11.4 Å². The largest absolute Gasteiger partial charge is 0.494 e. The molecule has 1 heterocycles. The maximum absolute atomic E-state index is 11.9. The standard InChI is InChI=1S/C20H32N4O3.HI/c1-6-26-17-9-7-8-15(12-17)13-22-18(21-5)24-11-10-16(14-24)23-19(25)27-20(2,3)4;/h7-9,12,16H,6,10-11,13-14H2,1-5H3,(H,21,22)(H,23,25);1H. The summed E-state index contributed by atoms with van der Waals surface area (Å²) < 4.78 is 10.9. The Hall–Kier alpha value is -1.71. The minimum atomic E-state index is -0.490. The fourth-order valence-corrected chi connectivity index (χ4v) is 2.97. The van der Waals surface area contributed by atoms with Crippen molar-refractivity contribution < 1.29 is 14.3 Å². The molecule has 0 bridgehead atoms. The monoisotopic (exact) mass is 504 g/mol. The van der Waals surface area contributed by atoms with Gasteiger partial charge < -0.3 is 25.0 Å². The molecule has 1 amide bonds. The normalized spacial score (nSPS) is 17.0. The number of nitrogens with zero attached hydrogens (tertiary/aromatic N) is 2. The highest BCUT2D eigenvalue weighted by Crippen LogP contribution is 2.14. The number of amides is 1. The van der Waals surface area contributed by atoms with Crippen LogP contribution in [0.15, 0.2) is 29.3 Å². The minimum Gasteiger partial charge on any atom is -0.494 e. The van der Waals surface area contributed by atoms with Gasteiger partial charge in [-0.25, -0.2) is 4.79 Å². The summed E-state index contributed by atoms with van der Waals surface area (Å²) in [6.45, 7) is 10.4. The van der Waals surface area contributed by atoms with Gasteiger partial charge in [0.05, 0.1) is 12.6 Å². The van der Waals surface area contributed by atoms with Crippen molar-refractivity contribution in [2.75, 3.05) is 26.7 Å². The van der Waals surface area contributed by atoms with Crippen molar-refractivity contribution >= 4 is 36.0 Å². The van der Waals surface area contributed by atoms with Crippen molar-refractivity contribution in [2.24, 2.45) is 4.99 Å². The molecule has 0 saturated carbocycles. The molecule has 1 saturated heterocycles. The third-order valence-electron chi connectivity index (χ3n) is 4.08. The molecular weight excluding hydrogens is 471 g/mol. The Labute approximate surface area is 185 Å². The Morgan fingerprint density at radius 2 is 2.11 bits per heavy atom. The lowest BCUT2D eigenvalue weighted by Gasteiger charge is -2.23. The van der Waals surface area contributed by atoms with Gasteiger partial charge in [-0.1, -0.05) is 12.1 Å². The van der Waals surface area contributed by atoms with E-state index in [0.717, 1.165) is 30.2 Å². The maximum atomic E-state index is 11.9. The Bertz CT molecular complexity index is 661. The van der Waals surface area contributed by atoms with Crippen LogP contribution in [-0.4, -0.2) is 55.3 Å². The predicted octanol–water partition coefficient (Wildman–Crippen LogP) is 3.38. The molecule has 2 N–H and O–H groups in total. The van der Waals surface area contributed by atoms with Crippen molar-refractivity contribution in [3.8, 4) is 5.75 Å². The zero-order chi connectivity index (χ0) is 19.9. The molecule has 0 spiro atoms. The first-order valence-electron chi connectivity index (χ1n) is 9.47. The van der Waals surface area contributed by atoms with E-state index in [0.29, 0.717) is 19.7 Å². The second kappa shape index (κ2) is 11.3. The van der Waals surface area contributed by atoms with Gasteiger partial charge in [-0.2, -0.15) is 0 Å². The second-order valence-corrected chi connectivity index (χ2v) is 7.56. The van der Waals surface area contributed by atoms with Gasteiger partial charge in [0.15, 0.2) is 5.96 Å². The van der Waals surface area contributed by atoms with Gasteiger partial charge >= 0.3 is 6.09 Å². The minimum absolute atomic E-state index is 0.